The maximum Gasteiger partial charge on any atom is 0.246 e. The number of guanidine groups is 1. The second-order valence-electron chi connectivity index (χ2n) is 7.66. The molecule has 1 saturated heterocycles. The van der Waals surface area contributed by atoms with Gasteiger partial charge in [-0.05, 0) is 18.1 Å². The maximum atomic E-state index is 12.7. The topological polar surface area (TPSA) is 83.6 Å². The van der Waals surface area contributed by atoms with Crippen LogP contribution < -0.4 is 10.2 Å². The van der Waals surface area contributed by atoms with Crippen LogP contribution in [-0.4, -0.2) is 62.8 Å². The second kappa shape index (κ2) is 9.03. The minimum atomic E-state index is 0.0416. The van der Waals surface area contributed by atoms with Gasteiger partial charge in [-0.3, -0.25) is 14.5 Å². The first-order chi connectivity index (χ1) is 15.0. The smallest absolute Gasteiger partial charge is 0.246 e. The van der Waals surface area contributed by atoms with E-state index in [2.05, 4.69) is 49.2 Å². The molecule has 2 aromatic heterocycles. The van der Waals surface area contributed by atoms with E-state index >= 15 is 0 Å². The molecular formula is C22H28N8O. The first-order valence-corrected chi connectivity index (χ1v) is 10.3. The minimum Gasteiger partial charge on any atom is -0.352 e. The lowest BCUT2D eigenvalue weighted by Crippen LogP contribution is -2.55. The van der Waals surface area contributed by atoms with E-state index in [1.165, 1.54) is 5.56 Å². The molecule has 1 aliphatic rings. The molecule has 0 bridgehead atoms. The maximum absolute atomic E-state index is 12.7. The van der Waals surface area contributed by atoms with Crippen LogP contribution in [-0.2, 0) is 24.9 Å². The summed E-state index contributed by atoms with van der Waals surface area (Å²) in [5, 5.41) is 7.56. The highest BCUT2D eigenvalue weighted by Crippen LogP contribution is 2.16. The SMILES string of the molecule is CN=C(NCc1cccc(Cn2ccnc2C)c1)N1CCN(c2cnn(C)c2)C(=O)C1. The molecule has 1 amide bonds. The second-order valence-corrected chi connectivity index (χ2v) is 7.66. The van der Waals surface area contributed by atoms with E-state index in [-0.39, 0.29) is 12.5 Å². The number of aliphatic imine (C=N–C) groups is 1. The average molecular weight is 421 g/mol. The van der Waals surface area contributed by atoms with Gasteiger partial charge in [0.15, 0.2) is 5.96 Å². The Morgan fingerprint density at radius 2 is 2.10 bits per heavy atom. The Bertz CT molecular complexity index is 1080. The van der Waals surface area contributed by atoms with E-state index < -0.39 is 0 Å². The van der Waals surface area contributed by atoms with Gasteiger partial charge in [0, 0.05) is 58.9 Å². The van der Waals surface area contributed by atoms with Crippen molar-refractivity contribution in [2.45, 2.75) is 20.0 Å². The summed E-state index contributed by atoms with van der Waals surface area (Å²) in [6.45, 7) is 5.03. The van der Waals surface area contributed by atoms with Crippen molar-refractivity contribution in [3.8, 4) is 0 Å². The highest BCUT2D eigenvalue weighted by molar-refractivity contribution is 5.98. The lowest BCUT2D eigenvalue weighted by atomic mass is 10.1. The number of aromatic nitrogens is 4. The molecule has 1 aliphatic heterocycles. The fourth-order valence-electron chi connectivity index (χ4n) is 3.79. The third-order valence-electron chi connectivity index (χ3n) is 5.45. The third kappa shape index (κ3) is 4.76. The van der Waals surface area contributed by atoms with E-state index in [9.17, 15) is 4.79 Å². The molecule has 4 rings (SSSR count). The van der Waals surface area contributed by atoms with Crippen molar-refractivity contribution >= 4 is 17.6 Å². The number of amides is 1. The minimum absolute atomic E-state index is 0.0416. The van der Waals surface area contributed by atoms with Crippen LogP contribution in [0.3, 0.4) is 0 Å². The Morgan fingerprint density at radius 1 is 1.26 bits per heavy atom. The number of hydrogen-bond acceptors (Lipinski definition) is 4. The van der Waals surface area contributed by atoms with Crippen LogP contribution in [0.4, 0.5) is 5.69 Å². The highest BCUT2D eigenvalue weighted by Gasteiger charge is 2.27. The predicted octanol–water partition coefficient (Wildman–Crippen LogP) is 1.40. The number of rotatable bonds is 5. The number of aryl methyl sites for hydroxylation is 2. The van der Waals surface area contributed by atoms with Crippen LogP contribution >= 0.6 is 0 Å². The summed E-state index contributed by atoms with van der Waals surface area (Å²) < 4.78 is 3.83. The van der Waals surface area contributed by atoms with E-state index in [0.29, 0.717) is 19.6 Å². The molecule has 1 aromatic carbocycles. The van der Waals surface area contributed by atoms with Crippen molar-refractivity contribution in [3.63, 3.8) is 0 Å². The molecule has 9 nitrogen and oxygen atoms in total. The van der Waals surface area contributed by atoms with Gasteiger partial charge in [0.2, 0.25) is 5.91 Å². The van der Waals surface area contributed by atoms with Crippen LogP contribution in [0.1, 0.15) is 17.0 Å². The van der Waals surface area contributed by atoms with Crippen molar-refractivity contribution in [2.24, 2.45) is 12.0 Å². The summed E-state index contributed by atoms with van der Waals surface area (Å²) in [5.41, 5.74) is 3.22. The van der Waals surface area contributed by atoms with Crippen LogP contribution in [0.5, 0.6) is 0 Å². The molecule has 0 unspecified atom stereocenters. The number of piperazine rings is 1. The van der Waals surface area contributed by atoms with Gasteiger partial charge in [0.05, 0.1) is 11.9 Å². The predicted molar refractivity (Wildman–Crippen MR) is 120 cm³/mol. The lowest BCUT2D eigenvalue weighted by Gasteiger charge is -2.35. The summed E-state index contributed by atoms with van der Waals surface area (Å²) in [7, 11) is 3.60. The highest BCUT2D eigenvalue weighted by atomic mass is 16.2. The summed E-state index contributed by atoms with van der Waals surface area (Å²) in [6, 6.07) is 8.47. The van der Waals surface area contributed by atoms with Gasteiger partial charge in [-0.25, -0.2) is 4.98 Å². The molecule has 0 atom stereocenters. The standard InChI is InChI=1S/C22H28N8O/c1-17-24-7-8-28(17)14-19-6-4-5-18(11-19)12-25-22(23-2)29-9-10-30(21(31)16-29)20-13-26-27(3)15-20/h4-8,11,13,15H,9-10,12,14,16H2,1-3H3,(H,23,25). The van der Waals surface area contributed by atoms with Crippen molar-refractivity contribution < 1.29 is 4.79 Å². The molecule has 1 N–H and O–H groups in total. The van der Waals surface area contributed by atoms with Crippen LogP contribution in [0.15, 0.2) is 54.0 Å². The summed E-state index contributed by atoms with van der Waals surface area (Å²) in [6.07, 6.45) is 7.39. The number of anilines is 1. The number of carbonyl (C=O) groups excluding carboxylic acids is 1. The van der Waals surface area contributed by atoms with E-state index in [0.717, 1.165) is 29.6 Å². The quantitative estimate of drug-likeness (QED) is 0.498. The third-order valence-corrected chi connectivity index (χ3v) is 5.45. The molecule has 1 fully saturated rings. The largest absolute Gasteiger partial charge is 0.352 e. The molecule has 9 heteroatoms. The molecule has 31 heavy (non-hydrogen) atoms. The summed E-state index contributed by atoms with van der Waals surface area (Å²) in [4.78, 5) is 25.1. The molecule has 162 valence electrons. The monoisotopic (exact) mass is 420 g/mol. The Kier molecular flexibility index (Phi) is 6.01. The number of benzene rings is 1. The fourth-order valence-corrected chi connectivity index (χ4v) is 3.79. The van der Waals surface area contributed by atoms with Gasteiger partial charge < -0.3 is 19.7 Å². The first kappa shape index (κ1) is 20.6. The van der Waals surface area contributed by atoms with Gasteiger partial charge in [0.25, 0.3) is 0 Å². The molecule has 3 aromatic rings. The Labute approximate surface area is 182 Å². The zero-order chi connectivity index (χ0) is 21.8. The molecule has 0 saturated carbocycles. The number of carbonyl (C=O) groups is 1. The number of imidazole rings is 1. The van der Waals surface area contributed by atoms with E-state index in [4.69, 9.17) is 0 Å². The Balaban J connectivity index is 1.35. The molecular weight excluding hydrogens is 392 g/mol. The van der Waals surface area contributed by atoms with Gasteiger partial charge in [-0.1, -0.05) is 24.3 Å². The van der Waals surface area contributed by atoms with Crippen molar-refractivity contribution in [1.29, 1.82) is 0 Å². The fraction of sp³-hybridized carbons (Fsp3) is 0.364. The van der Waals surface area contributed by atoms with Gasteiger partial charge >= 0.3 is 0 Å². The number of hydrogen-bond donors (Lipinski definition) is 1. The summed E-state index contributed by atoms with van der Waals surface area (Å²) in [5.74, 6) is 1.77. The number of nitrogens with one attached hydrogen (secondary N) is 1. The zero-order valence-corrected chi connectivity index (χ0v) is 18.2. The molecule has 0 aliphatic carbocycles. The normalized spacial score (nSPS) is 14.9. The van der Waals surface area contributed by atoms with Crippen LogP contribution in [0, 0.1) is 6.92 Å². The van der Waals surface area contributed by atoms with Crippen molar-refractivity contribution in [2.75, 3.05) is 31.6 Å². The first-order valence-electron chi connectivity index (χ1n) is 10.3. The van der Waals surface area contributed by atoms with Gasteiger partial charge in [0.1, 0.15) is 12.4 Å². The molecule has 0 radical (unpaired) electrons. The van der Waals surface area contributed by atoms with Crippen LogP contribution in [0.2, 0.25) is 0 Å². The van der Waals surface area contributed by atoms with E-state index in [1.54, 1.807) is 22.8 Å². The van der Waals surface area contributed by atoms with Crippen molar-refractivity contribution in [3.05, 3.63) is 66.0 Å². The molecule has 3 heterocycles. The zero-order valence-electron chi connectivity index (χ0n) is 18.2. The van der Waals surface area contributed by atoms with Crippen LogP contribution in [0.25, 0.3) is 0 Å². The number of nitrogens with zero attached hydrogens (tertiary/aromatic N) is 7. The van der Waals surface area contributed by atoms with E-state index in [1.807, 2.05) is 37.5 Å². The Morgan fingerprint density at radius 3 is 2.77 bits per heavy atom. The van der Waals surface area contributed by atoms with Gasteiger partial charge in [-0.15, -0.1) is 0 Å². The van der Waals surface area contributed by atoms with Gasteiger partial charge in [-0.2, -0.15) is 5.10 Å². The lowest BCUT2D eigenvalue weighted by molar-refractivity contribution is -0.120. The Hall–Kier alpha value is -3.62. The van der Waals surface area contributed by atoms with Crippen molar-refractivity contribution in [1.82, 2.24) is 29.5 Å². The summed E-state index contributed by atoms with van der Waals surface area (Å²) >= 11 is 0. The molecule has 0 spiro atoms. The average Bonchev–Trinajstić information content (AvgIpc) is 3.37.